The Balaban J connectivity index is 1.35. The summed E-state index contributed by atoms with van der Waals surface area (Å²) in [6.07, 6.45) is 3.74. The first-order valence-electron chi connectivity index (χ1n) is 10.3. The Hall–Kier alpha value is -2.53. The van der Waals surface area contributed by atoms with Crippen molar-refractivity contribution in [2.75, 3.05) is 26.3 Å². The molecule has 3 aromatic carbocycles. The summed E-state index contributed by atoms with van der Waals surface area (Å²) in [4.78, 5) is 6.67. The van der Waals surface area contributed by atoms with Gasteiger partial charge in [-0.15, -0.1) is 0 Å². The molecule has 4 aromatic rings. The van der Waals surface area contributed by atoms with Crippen LogP contribution in [0, 0.1) is 0 Å². The van der Waals surface area contributed by atoms with E-state index in [1.54, 1.807) is 0 Å². The third-order valence-corrected chi connectivity index (χ3v) is 6.38. The van der Waals surface area contributed by atoms with E-state index in [9.17, 15) is 0 Å². The number of ether oxygens (including phenoxy) is 1. The minimum absolute atomic E-state index is 0.842. The third-order valence-electron chi connectivity index (χ3n) is 5.72. The molecule has 1 saturated heterocycles. The van der Waals surface area contributed by atoms with Crippen LogP contribution in [-0.2, 0) is 11.3 Å². The second-order valence-electron chi connectivity index (χ2n) is 7.72. The maximum absolute atomic E-state index is 5.44. The van der Waals surface area contributed by atoms with E-state index in [1.807, 2.05) is 12.4 Å². The van der Waals surface area contributed by atoms with Gasteiger partial charge < -0.3 is 4.74 Å². The summed E-state index contributed by atoms with van der Waals surface area (Å²) in [5.41, 5.74) is 6.25. The molecule has 0 aliphatic carbocycles. The molecule has 0 unspecified atom stereocenters. The fraction of sp³-hybridized carbons (Fsp3) is 0.192. The predicted molar refractivity (Wildman–Crippen MR) is 126 cm³/mol. The van der Waals surface area contributed by atoms with Crippen molar-refractivity contribution >= 4 is 26.7 Å². The van der Waals surface area contributed by atoms with Gasteiger partial charge in [0.2, 0.25) is 0 Å². The Kier molecular flexibility index (Phi) is 5.63. The molecule has 1 fully saturated rings. The molecule has 0 saturated carbocycles. The summed E-state index contributed by atoms with van der Waals surface area (Å²) >= 11 is 3.69. The lowest BCUT2D eigenvalue weighted by Gasteiger charge is -2.26. The van der Waals surface area contributed by atoms with Crippen molar-refractivity contribution in [3.8, 4) is 22.3 Å². The SMILES string of the molecule is Brc1cc(-c2ccc(-c3ccc(CN4CCOCC4)cc3)cc2)cc2ccncc12. The minimum Gasteiger partial charge on any atom is -0.379 e. The first-order chi connectivity index (χ1) is 14.8. The Morgan fingerprint density at radius 2 is 1.43 bits per heavy atom. The lowest BCUT2D eigenvalue weighted by Crippen LogP contribution is -2.35. The van der Waals surface area contributed by atoms with Crippen molar-refractivity contribution in [1.82, 2.24) is 9.88 Å². The van der Waals surface area contributed by atoms with Crippen molar-refractivity contribution < 1.29 is 4.74 Å². The van der Waals surface area contributed by atoms with E-state index in [2.05, 4.69) is 92.5 Å². The number of benzene rings is 3. The maximum Gasteiger partial charge on any atom is 0.0594 e. The lowest BCUT2D eigenvalue weighted by atomic mass is 9.98. The molecule has 0 bridgehead atoms. The average molecular weight is 459 g/mol. The van der Waals surface area contributed by atoms with Gasteiger partial charge in [0.1, 0.15) is 0 Å². The van der Waals surface area contributed by atoms with Gasteiger partial charge in [-0.3, -0.25) is 9.88 Å². The van der Waals surface area contributed by atoms with Crippen LogP contribution >= 0.6 is 15.9 Å². The van der Waals surface area contributed by atoms with Gasteiger partial charge in [-0.05, 0) is 51.4 Å². The minimum atomic E-state index is 0.842. The van der Waals surface area contributed by atoms with E-state index < -0.39 is 0 Å². The van der Waals surface area contributed by atoms with Crippen LogP contribution in [0.5, 0.6) is 0 Å². The van der Waals surface area contributed by atoms with Crippen LogP contribution in [0.25, 0.3) is 33.0 Å². The molecule has 0 spiro atoms. The van der Waals surface area contributed by atoms with Gasteiger partial charge in [0.05, 0.1) is 13.2 Å². The van der Waals surface area contributed by atoms with Crippen LogP contribution in [0.1, 0.15) is 5.56 Å². The number of halogens is 1. The second-order valence-corrected chi connectivity index (χ2v) is 8.57. The van der Waals surface area contributed by atoms with Gasteiger partial charge in [-0.2, -0.15) is 0 Å². The molecule has 0 amide bonds. The van der Waals surface area contributed by atoms with E-state index in [0.29, 0.717) is 0 Å². The fourth-order valence-electron chi connectivity index (χ4n) is 4.00. The van der Waals surface area contributed by atoms with E-state index in [0.717, 1.165) is 42.7 Å². The number of hydrogen-bond acceptors (Lipinski definition) is 3. The number of hydrogen-bond donors (Lipinski definition) is 0. The molecule has 2 heterocycles. The average Bonchev–Trinajstić information content (AvgIpc) is 2.80. The maximum atomic E-state index is 5.44. The Bertz CT molecular complexity index is 1150. The molecule has 0 radical (unpaired) electrons. The molecular formula is C26H23BrN2O. The Labute approximate surface area is 185 Å². The van der Waals surface area contributed by atoms with Crippen LogP contribution in [0.4, 0.5) is 0 Å². The molecule has 4 heteroatoms. The standard InChI is InChI=1S/C26H23BrN2O/c27-26-16-24(15-23-9-10-28-17-25(23)26)22-7-5-21(6-8-22)20-3-1-19(2-4-20)18-29-11-13-30-14-12-29/h1-10,15-17H,11-14,18H2. The number of aromatic nitrogens is 1. The number of morpholine rings is 1. The van der Waals surface area contributed by atoms with Gasteiger partial charge in [0.25, 0.3) is 0 Å². The topological polar surface area (TPSA) is 25.4 Å². The predicted octanol–water partition coefficient (Wildman–Crippen LogP) is 6.16. The summed E-state index contributed by atoms with van der Waals surface area (Å²) in [7, 11) is 0. The number of rotatable bonds is 4. The third kappa shape index (κ3) is 4.17. The molecule has 0 atom stereocenters. The van der Waals surface area contributed by atoms with Crippen LogP contribution < -0.4 is 0 Å². The molecule has 5 rings (SSSR count). The number of nitrogens with zero attached hydrogens (tertiary/aromatic N) is 2. The smallest absolute Gasteiger partial charge is 0.0594 e. The summed E-state index contributed by atoms with van der Waals surface area (Å²) in [5.74, 6) is 0. The van der Waals surface area contributed by atoms with Gasteiger partial charge in [0.15, 0.2) is 0 Å². The normalized spacial score (nSPS) is 14.8. The summed E-state index contributed by atoms with van der Waals surface area (Å²) in [5, 5.41) is 2.32. The molecule has 1 aliphatic rings. The molecule has 30 heavy (non-hydrogen) atoms. The molecule has 150 valence electrons. The van der Waals surface area contributed by atoms with E-state index >= 15 is 0 Å². The highest BCUT2D eigenvalue weighted by molar-refractivity contribution is 9.10. The monoisotopic (exact) mass is 458 g/mol. The zero-order chi connectivity index (χ0) is 20.3. The second kappa shape index (κ2) is 8.68. The lowest BCUT2D eigenvalue weighted by molar-refractivity contribution is 0.0342. The zero-order valence-corrected chi connectivity index (χ0v) is 18.3. The summed E-state index contributed by atoms with van der Waals surface area (Å²) in [6.45, 7) is 4.72. The molecule has 1 aliphatic heterocycles. The Morgan fingerprint density at radius 3 is 2.13 bits per heavy atom. The molecular weight excluding hydrogens is 436 g/mol. The summed E-state index contributed by atoms with van der Waals surface area (Å²) < 4.78 is 6.51. The van der Waals surface area contributed by atoms with Gasteiger partial charge in [-0.1, -0.05) is 64.5 Å². The van der Waals surface area contributed by atoms with Crippen LogP contribution in [0.15, 0.2) is 83.6 Å². The first kappa shape index (κ1) is 19.4. The largest absolute Gasteiger partial charge is 0.379 e. The van der Waals surface area contributed by atoms with E-state index in [4.69, 9.17) is 4.74 Å². The molecule has 3 nitrogen and oxygen atoms in total. The van der Waals surface area contributed by atoms with Crippen molar-refractivity contribution in [1.29, 1.82) is 0 Å². The first-order valence-corrected chi connectivity index (χ1v) is 11.1. The quantitative estimate of drug-likeness (QED) is 0.365. The number of fused-ring (bicyclic) bond motifs is 1. The summed E-state index contributed by atoms with van der Waals surface area (Å²) in [6, 6.07) is 24.2. The fourth-order valence-corrected chi connectivity index (χ4v) is 4.57. The van der Waals surface area contributed by atoms with Crippen LogP contribution in [-0.4, -0.2) is 36.2 Å². The van der Waals surface area contributed by atoms with E-state index in [-0.39, 0.29) is 0 Å². The highest BCUT2D eigenvalue weighted by atomic mass is 79.9. The van der Waals surface area contributed by atoms with Crippen molar-refractivity contribution in [2.45, 2.75) is 6.54 Å². The van der Waals surface area contributed by atoms with Crippen molar-refractivity contribution in [2.24, 2.45) is 0 Å². The van der Waals surface area contributed by atoms with Crippen molar-refractivity contribution in [3.05, 3.63) is 89.2 Å². The van der Waals surface area contributed by atoms with Gasteiger partial charge in [0, 0.05) is 41.9 Å². The van der Waals surface area contributed by atoms with E-state index in [1.165, 1.54) is 33.2 Å². The Morgan fingerprint density at radius 1 is 0.800 bits per heavy atom. The van der Waals surface area contributed by atoms with Crippen LogP contribution in [0.3, 0.4) is 0 Å². The molecule has 0 N–H and O–H groups in total. The number of pyridine rings is 1. The highest BCUT2D eigenvalue weighted by Crippen LogP contribution is 2.32. The van der Waals surface area contributed by atoms with Gasteiger partial charge >= 0.3 is 0 Å². The van der Waals surface area contributed by atoms with Crippen molar-refractivity contribution in [3.63, 3.8) is 0 Å². The molecule has 1 aromatic heterocycles. The van der Waals surface area contributed by atoms with Gasteiger partial charge in [-0.25, -0.2) is 0 Å². The zero-order valence-electron chi connectivity index (χ0n) is 16.7. The van der Waals surface area contributed by atoms with Crippen LogP contribution in [0.2, 0.25) is 0 Å². The highest BCUT2D eigenvalue weighted by Gasteiger charge is 2.11.